The Balaban J connectivity index is 2.67. The highest BCUT2D eigenvalue weighted by Crippen LogP contribution is 2.03. The molecule has 56 valence electrons. The molecule has 0 amide bonds. The van der Waals surface area contributed by atoms with Crippen molar-refractivity contribution >= 4 is 5.65 Å². The summed E-state index contributed by atoms with van der Waals surface area (Å²) in [7, 11) is 1.54. The third-order valence-corrected chi connectivity index (χ3v) is 1.25. The maximum Gasteiger partial charge on any atom is 0.233 e. The molecule has 6 nitrogen and oxygen atoms in total. The molecule has 11 heavy (non-hydrogen) atoms. The monoisotopic (exact) mass is 151 g/mol. The van der Waals surface area contributed by atoms with Crippen molar-refractivity contribution in [2.75, 3.05) is 7.11 Å². The van der Waals surface area contributed by atoms with Crippen LogP contribution in [0.15, 0.2) is 12.1 Å². The lowest BCUT2D eigenvalue weighted by Crippen LogP contribution is -1.96. The number of ether oxygens (including phenoxy) is 1. The van der Waals surface area contributed by atoms with Gasteiger partial charge in [-0.3, -0.25) is 0 Å². The van der Waals surface area contributed by atoms with Crippen LogP contribution in [0.2, 0.25) is 0 Å². The van der Waals surface area contributed by atoms with E-state index in [0.29, 0.717) is 11.5 Å². The number of hydrogen-bond donors (Lipinski definition) is 0. The largest absolute Gasteiger partial charge is 0.480 e. The van der Waals surface area contributed by atoms with Crippen molar-refractivity contribution in [3.63, 3.8) is 0 Å². The minimum Gasteiger partial charge on any atom is -0.480 e. The fourth-order valence-electron chi connectivity index (χ4n) is 0.742. The standard InChI is InChI=1S/C5H5N5O/c1-11-5-3-2-4-6-8-9-10(4)7-5/h2-3H,1H3. The average molecular weight is 151 g/mol. The Morgan fingerprint density at radius 1 is 1.45 bits per heavy atom. The fraction of sp³-hybridized carbons (Fsp3) is 0.200. The zero-order chi connectivity index (χ0) is 7.68. The molecule has 2 aromatic heterocycles. The molecule has 0 bridgehead atoms. The van der Waals surface area contributed by atoms with Crippen LogP contribution in [0, 0.1) is 0 Å². The molecule has 2 aromatic rings. The molecular weight excluding hydrogens is 146 g/mol. The van der Waals surface area contributed by atoms with Gasteiger partial charge in [-0.25, -0.2) is 0 Å². The summed E-state index contributed by atoms with van der Waals surface area (Å²) >= 11 is 0. The predicted octanol–water partition coefficient (Wildman–Crippen LogP) is -0.472. The summed E-state index contributed by atoms with van der Waals surface area (Å²) in [5.41, 5.74) is 0.603. The number of fused-ring (bicyclic) bond motifs is 1. The summed E-state index contributed by atoms with van der Waals surface area (Å²) < 4.78 is 6.17. The third kappa shape index (κ3) is 0.878. The first kappa shape index (κ1) is 6.02. The quantitative estimate of drug-likeness (QED) is 0.551. The highest BCUT2D eigenvalue weighted by Gasteiger charge is 1.98. The molecule has 0 aliphatic carbocycles. The van der Waals surface area contributed by atoms with Gasteiger partial charge < -0.3 is 4.74 Å². The minimum atomic E-state index is 0.491. The number of rotatable bonds is 1. The van der Waals surface area contributed by atoms with E-state index in [4.69, 9.17) is 4.74 Å². The second-order valence-corrected chi connectivity index (χ2v) is 1.90. The lowest BCUT2D eigenvalue weighted by atomic mass is 10.5. The van der Waals surface area contributed by atoms with Gasteiger partial charge in [-0.2, -0.15) is 0 Å². The van der Waals surface area contributed by atoms with Crippen LogP contribution in [0.25, 0.3) is 5.65 Å². The normalized spacial score (nSPS) is 10.3. The van der Waals surface area contributed by atoms with E-state index in [0.717, 1.165) is 0 Å². The van der Waals surface area contributed by atoms with Crippen molar-refractivity contribution < 1.29 is 4.74 Å². The fourth-order valence-corrected chi connectivity index (χ4v) is 0.742. The molecule has 0 aliphatic heterocycles. The van der Waals surface area contributed by atoms with Crippen LogP contribution >= 0.6 is 0 Å². The summed E-state index contributed by atoms with van der Waals surface area (Å²) in [5, 5.41) is 14.6. The highest BCUT2D eigenvalue weighted by molar-refractivity contribution is 5.34. The van der Waals surface area contributed by atoms with E-state index in [1.165, 1.54) is 4.63 Å². The molecule has 0 atom stereocenters. The Morgan fingerprint density at radius 3 is 3.18 bits per heavy atom. The summed E-state index contributed by atoms with van der Waals surface area (Å²) in [6.45, 7) is 0. The number of aromatic nitrogens is 5. The summed E-state index contributed by atoms with van der Waals surface area (Å²) in [5.74, 6) is 0.491. The van der Waals surface area contributed by atoms with E-state index in [1.54, 1.807) is 19.2 Å². The van der Waals surface area contributed by atoms with Crippen molar-refractivity contribution in [1.29, 1.82) is 0 Å². The van der Waals surface area contributed by atoms with Crippen LogP contribution in [0.3, 0.4) is 0 Å². The van der Waals surface area contributed by atoms with Crippen LogP contribution in [0.5, 0.6) is 5.88 Å². The molecule has 0 spiro atoms. The Labute approximate surface area is 61.8 Å². The molecule has 0 N–H and O–H groups in total. The van der Waals surface area contributed by atoms with E-state index >= 15 is 0 Å². The van der Waals surface area contributed by atoms with E-state index in [9.17, 15) is 0 Å². The van der Waals surface area contributed by atoms with Crippen LogP contribution in [0.4, 0.5) is 0 Å². The maximum atomic E-state index is 4.86. The van der Waals surface area contributed by atoms with Gasteiger partial charge in [0, 0.05) is 6.07 Å². The van der Waals surface area contributed by atoms with Gasteiger partial charge in [0.05, 0.1) is 7.11 Å². The molecule has 0 radical (unpaired) electrons. The van der Waals surface area contributed by atoms with Gasteiger partial charge in [0.25, 0.3) is 0 Å². The lowest BCUT2D eigenvalue weighted by molar-refractivity contribution is 0.386. The molecule has 0 saturated heterocycles. The van der Waals surface area contributed by atoms with Crippen molar-refractivity contribution in [3.05, 3.63) is 12.1 Å². The van der Waals surface area contributed by atoms with Crippen LogP contribution < -0.4 is 4.74 Å². The number of methoxy groups -OCH3 is 1. The highest BCUT2D eigenvalue weighted by atomic mass is 16.5. The van der Waals surface area contributed by atoms with Crippen molar-refractivity contribution in [1.82, 2.24) is 25.3 Å². The van der Waals surface area contributed by atoms with Crippen molar-refractivity contribution in [2.24, 2.45) is 0 Å². The number of tetrazole rings is 1. The maximum absolute atomic E-state index is 4.86. The molecule has 2 heterocycles. The third-order valence-electron chi connectivity index (χ3n) is 1.25. The second kappa shape index (κ2) is 2.15. The molecule has 0 unspecified atom stereocenters. The molecule has 0 aromatic carbocycles. The summed E-state index contributed by atoms with van der Waals surface area (Å²) in [6.07, 6.45) is 0. The average Bonchev–Trinajstić information content (AvgIpc) is 2.50. The molecule has 0 saturated carbocycles. The van der Waals surface area contributed by atoms with E-state index in [1.807, 2.05) is 0 Å². The first-order valence-electron chi connectivity index (χ1n) is 2.99. The second-order valence-electron chi connectivity index (χ2n) is 1.90. The van der Waals surface area contributed by atoms with Crippen LogP contribution in [-0.4, -0.2) is 32.4 Å². The first-order valence-corrected chi connectivity index (χ1v) is 2.99. The van der Waals surface area contributed by atoms with Gasteiger partial charge in [0.15, 0.2) is 5.65 Å². The van der Waals surface area contributed by atoms with Gasteiger partial charge in [-0.1, -0.05) is 0 Å². The Kier molecular flexibility index (Phi) is 1.18. The Hall–Kier alpha value is -1.72. The van der Waals surface area contributed by atoms with E-state index < -0.39 is 0 Å². The van der Waals surface area contributed by atoms with Gasteiger partial charge in [-0.15, -0.1) is 14.8 Å². The molecule has 6 heteroatoms. The predicted molar refractivity (Wildman–Crippen MR) is 35.1 cm³/mol. The zero-order valence-electron chi connectivity index (χ0n) is 5.80. The van der Waals surface area contributed by atoms with Gasteiger partial charge >= 0.3 is 0 Å². The number of nitrogens with zero attached hydrogens (tertiary/aromatic N) is 5. The molecule has 2 rings (SSSR count). The first-order chi connectivity index (χ1) is 5.40. The van der Waals surface area contributed by atoms with Gasteiger partial charge in [0.1, 0.15) is 0 Å². The zero-order valence-corrected chi connectivity index (χ0v) is 5.80. The van der Waals surface area contributed by atoms with Crippen LogP contribution in [0.1, 0.15) is 0 Å². The van der Waals surface area contributed by atoms with Crippen LogP contribution in [-0.2, 0) is 0 Å². The molecule has 0 aliphatic rings. The molecule has 0 fully saturated rings. The van der Waals surface area contributed by atoms with Crippen molar-refractivity contribution in [3.8, 4) is 5.88 Å². The van der Waals surface area contributed by atoms with E-state index in [-0.39, 0.29) is 0 Å². The van der Waals surface area contributed by atoms with Gasteiger partial charge in [0.2, 0.25) is 5.88 Å². The molecular formula is C5H5N5O. The Morgan fingerprint density at radius 2 is 2.36 bits per heavy atom. The minimum absolute atomic E-state index is 0.491. The lowest BCUT2D eigenvalue weighted by Gasteiger charge is -1.94. The summed E-state index contributed by atoms with van der Waals surface area (Å²) in [4.78, 5) is 0. The van der Waals surface area contributed by atoms with Crippen molar-refractivity contribution in [2.45, 2.75) is 0 Å². The smallest absolute Gasteiger partial charge is 0.233 e. The SMILES string of the molecule is COc1ccc2nnnn2n1. The van der Waals surface area contributed by atoms with Gasteiger partial charge in [-0.05, 0) is 16.5 Å². The number of hydrogen-bond acceptors (Lipinski definition) is 5. The Bertz CT molecular complexity index is 370. The topological polar surface area (TPSA) is 65.2 Å². The summed E-state index contributed by atoms with van der Waals surface area (Å²) in [6, 6.07) is 3.43. The van der Waals surface area contributed by atoms with E-state index in [2.05, 4.69) is 20.6 Å².